The summed E-state index contributed by atoms with van der Waals surface area (Å²) in [4.78, 5) is 4.60. The topological polar surface area (TPSA) is 9.49 Å². The number of fused-ring (bicyclic) bond motifs is 2. The SMILES string of the molecule is CN1C(=CC=C2CCC(=CC=C3N(C)c4ccc(Cl)cc4C3(C)C)C2=[N+](C)C)C(C)(C)c2cc(Cl)ccc21. The molecule has 0 saturated heterocycles. The molecule has 2 aromatic carbocycles. The molecular weight excluding hydrogens is 509 g/mol. The van der Waals surface area contributed by atoms with Crippen LogP contribution in [0, 0.1) is 0 Å². The van der Waals surface area contributed by atoms with Gasteiger partial charge in [-0.1, -0.05) is 63.0 Å². The van der Waals surface area contributed by atoms with Gasteiger partial charge in [-0.2, -0.15) is 0 Å². The highest BCUT2D eigenvalue weighted by atomic mass is 35.5. The molecule has 1 fully saturated rings. The van der Waals surface area contributed by atoms with Crippen LogP contribution in [0.4, 0.5) is 11.4 Å². The fourth-order valence-corrected chi connectivity index (χ4v) is 6.93. The van der Waals surface area contributed by atoms with Crippen LogP contribution in [-0.4, -0.2) is 38.5 Å². The minimum Gasteiger partial charge on any atom is -0.347 e. The summed E-state index contributed by atoms with van der Waals surface area (Å²) in [6.07, 6.45) is 11.3. The quantitative estimate of drug-likeness (QED) is 0.350. The van der Waals surface area contributed by atoms with Gasteiger partial charge in [0.05, 0.1) is 0 Å². The van der Waals surface area contributed by atoms with Crippen LogP contribution in [-0.2, 0) is 10.8 Å². The van der Waals surface area contributed by atoms with Crippen molar-refractivity contribution in [3.63, 3.8) is 0 Å². The molecule has 2 aliphatic heterocycles. The van der Waals surface area contributed by atoms with Crippen LogP contribution in [0.25, 0.3) is 0 Å². The summed E-state index contributed by atoms with van der Waals surface area (Å²) >= 11 is 12.7. The molecule has 0 N–H and O–H groups in total. The zero-order valence-corrected chi connectivity index (χ0v) is 25.3. The molecule has 0 unspecified atom stereocenters. The lowest BCUT2D eigenvalue weighted by atomic mass is 9.83. The summed E-state index contributed by atoms with van der Waals surface area (Å²) < 4.78 is 2.26. The Morgan fingerprint density at radius 1 is 0.684 bits per heavy atom. The maximum Gasteiger partial charge on any atom is 0.205 e. The van der Waals surface area contributed by atoms with Crippen molar-refractivity contribution in [3.05, 3.63) is 104 Å². The largest absolute Gasteiger partial charge is 0.347 e. The number of allylic oxidation sites excluding steroid dienone is 8. The van der Waals surface area contributed by atoms with Gasteiger partial charge in [-0.3, -0.25) is 0 Å². The van der Waals surface area contributed by atoms with Crippen molar-refractivity contribution in [2.45, 2.75) is 51.4 Å². The molecule has 0 aromatic heterocycles. The number of hydrogen-bond donors (Lipinski definition) is 0. The molecule has 3 aliphatic rings. The van der Waals surface area contributed by atoms with E-state index in [0.717, 1.165) is 22.9 Å². The Bertz CT molecular complexity index is 1370. The number of nitrogens with zero attached hydrogens (tertiary/aromatic N) is 3. The first-order valence-electron chi connectivity index (χ1n) is 13.3. The molecule has 0 atom stereocenters. The van der Waals surface area contributed by atoms with Gasteiger partial charge in [-0.15, -0.1) is 0 Å². The van der Waals surface area contributed by atoms with E-state index in [1.807, 2.05) is 12.1 Å². The molecule has 1 saturated carbocycles. The lowest BCUT2D eigenvalue weighted by molar-refractivity contribution is -0.463. The predicted octanol–water partition coefficient (Wildman–Crippen LogP) is 8.28. The van der Waals surface area contributed by atoms with E-state index in [1.54, 1.807) is 0 Å². The van der Waals surface area contributed by atoms with Crippen LogP contribution in [0.3, 0.4) is 0 Å². The van der Waals surface area contributed by atoms with Gasteiger partial charge in [0.15, 0.2) is 0 Å². The molecule has 2 heterocycles. The van der Waals surface area contributed by atoms with Gasteiger partial charge in [-0.05, 0) is 72.5 Å². The minimum atomic E-state index is -0.109. The number of benzene rings is 2. The first-order valence-corrected chi connectivity index (χ1v) is 14.0. The highest BCUT2D eigenvalue weighted by Gasteiger charge is 2.40. The standard InChI is InChI=1S/C33H38Cl2N3/c1-32(2)25-19-23(34)13-15-27(25)37(7)29(32)17-11-21-9-10-22(31(21)36(5)6)12-18-30-33(3,4)26-20-24(35)14-16-28(26)38(30)8/h11-20H,9-10H2,1-8H3/q+1. The van der Waals surface area contributed by atoms with Crippen molar-refractivity contribution in [1.82, 2.24) is 0 Å². The van der Waals surface area contributed by atoms with E-state index >= 15 is 0 Å². The lowest BCUT2D eigenvalue weighted by Crippen LogP contribution is -2.23. The molecule has 38 heavy (non-hydrogen) atoms. The van der Waals surface area contributed by atoms with Crippen molar-refractivity contribution < 1.29 is 4.58 Å². The number of hydrogen-bond acceptors (Lipinski definition) is 2. The summed E-state index contributed by atoms with van der Waals surface area (Å²) in [5, 5.41) is 1.57. The monoisotopic (exact) mass is 546 g/mol. The molecule has 0 amide bonds. The van der Waals surface area contributed by atoms with E-state index in [9.17, 15) is 0 Å². The second-order valence-corrected chi connectivity index (χ2v) is 12.8. The van der Waals surface area contributed by atoms with Gasteiger partial charge in [0.2, 0.25) is 5.71 Å². The van der Waals surface area contributed by atoms with Gasteiger partial charge < -0.3 is 9.80 Å². The third kappa shape index (κ3) is 4.25. The normalized spacial score (nSPS) is 23.8. The summed E-state index contributed by atoms with van der Waals surface area (Å²) in [5.41, 5.74) is 11.4. The molecule has 2 aromatic rings. The van der Waals surface area contributed by atoms with Gasteiger partial charge >= 0.3 is 0 Å². The second-order valence-electron chi connectivity index (χ2n) is 11.9. The van der Waals surface area contributed by atoms with Crippen LogP contribution in [0.5, 0.6) is 0 Å². The fourth-order valence-electron chi connectivity index (χ4n) is 6.59. The van der Waals surface area contributed by atoms with Gasteiger partial charge in [-0.25, -0.2) is 4.58 Å². The van der Waals surface area contributed by atoms with E-state index < -0.39 is 0 Å². The smallest absolute Gasteiger partial charge is 0.205 e. The van der Waals surface area contributed by atoms with Crippen molar-refractivity contribution in [3.8, 4) is 0 Å². The van der Waals surface area contributed by atoms with Crippen LogP contribution < -0.4 is 9.80 Å². The summed E-state index contributed by atoms with van der Waals surface area (Å²) in [6.45, 7) is 9.13. The lowest BCUT2D eigenvalue weighted by Gasteiger charge is -2.24. The van der Waals surface area contributed by atoms with Crippen molar-refractivity contribution in [1.29, 1.82) is 0 Å². The zero-order chi connectivity index (χ0) is 27.6. The van der Waals surface area contributed by atoms with Crippen LogP contribution in [0.1, 0.15) is 51.7 Å². The molecule has 3 nitrogen and oxygen atoms in total. The number of anilines is 2. The molecule has 0 bridgehead atoms. The Hall–Kier alpha value is -2.75. The van der Waals surface area contributed by atoms with E-state index in [0.29, 0.717) is 0 Å². The molecule has 0 spiro atoms. The second kappa shape index (κ2) is 9.47. The highest BCUT2D eigenvalue weighted by molar-refractivity contribution is 6.31. The Morgan fingerprint density at radius 3 is 1.45 bits per heavy atom. The Morgan fingerprint density at radius 2 is 1.08 bits per heavy atom. The molecule has 198 valence electrons. The summed E-state index contributed by atoms with van der Waals surface area (Å²) in [5.74, 6) is 0. The third-order valence-electron chi connectivity index (χ3n) is 8.59. The van der Waals surface area contributed by atoms with E-state index in [4.69, 9.17) is 23.2 Å². The number of likely N-dealkylation sites (N-methyl/N-ethyl adjacent to an activating group) is 2. The third-order valence-corrected chi connectivity index (χ3v) is 9.06. The first-order chi connectivity index (χ1) is 17.8. The van der Waals surface area contributed by atoms with Crippen LogP contribution in [0.2, 0.25) is 10.0 Å². The molecule has 0 radical (unpaired) electrons. The highest BCUT2D eigenvalue weighted by Crippen LogP contribution is 2.49. The fraction of sp³-hybridized carbons (Fsp3) is 0.364. The molecule has 1 aliphatic carbocycles. The number of halogens is 2. The molecular formula is C33H38Cl2N3+. The van der Waals surface area contributed by atoms with Gasteiger partial charge in [0.1, 0.15) is 14.1 Å². The van der Waals surface area contributed by atoms with Gasteiger partial charge in [0, 0.05) is 68.9 Å². The van der Waals surface area contributed by atoms with Crippen molar-refractivity contribution in [2.75, 3.05) is 38.0 Å². The Kier molecular flexibility index (Phi) is 6.69. The Balaban J connectivity index is 1.48. The molecule has 5 rings (SSSR count). The van der Waals surface area contributed by atoms with E-state index in [1.165, 1.54) is 50.8 Å². The average Bonchev–Trinajstić information content (AvgIpc) is 3.39. The average molecular weight is 548 g/mol. The van der Waals surface area contributed by atoms with Crippen LogP contribution in [0.15, 0.2) is 83.2 Å². The van der Waals surface area contributed by atoms with Gasteiger partial charge in [0.25, 0.3) is 0 Å². The minimum absolute atomic E-state index is 0.109. The zero-order valence-electron chi connectivity index (χ0n) is 23.8. The van der Waals surface area contributed by atoms with E-state index in [-0.39, 0.29) is 10.8 Å². The summed E-state index contributed by atoms with van der Waals surface area (Å²) in [7, 11) is 8.60. The maximum atomic E-state index is 6.35. The Labute approximate surface area is 238 Å². The maximum absolute atomic E-state index is 6.35. The molecule has 5 heteroatoms. The summed E-state index contributed by atoms with van der Waals surface area (Å²) in [6, 6.07) is 12.4. The number of rotatable bonds is 2. The van der Waals surface area contributed by atoms with Crippen LogP contribution >= 0.6 is 23.2 Å². The first kappa shape index (κ1) is 26.8. The van der Waals surface area contributed by atoms with Crippen molar-refractivity contribution in [2.24, 2.45) is 0 Å². The predicted molar refractivity (Wildman–Crippen MR) is 164 cm³/mol. The van der Waals surface area contributed by atoms with Crippen molar-refractivity contribution >= 4 is 40.3 Å². The van der Waals surface area contributed by atoms with E-state index in [2.05, 4.69) is 119 Å².